The first-order valence-electron chi connectivity index (χ1n) is 4.53. The molecule has 1 aliphatic rings. The molecule has 0 saturated carbocycles. The summed E-state index contributed by atoms with van der Waals surface area (Å²) in [5.74, 6) is -1.77. The zero-order chi connectivity index (χ0) is 11.7. The first-order valence-corrected chi connectivity index (χ1v) is 4.53. The van der Waals surface area contributed by atoms with E-state index in [1.54, 1.807) is 0 Å². The van der Waals surface area contributed by atoms with Gasteiger partial charge >= 0.3 is 12.1 Å². The third-order valence-corrected chi connectivity index (χ3v) is 2.26. The van der Waals surface area contributed by atoms with Gasteiger partial charge in [0.2, 0.25) is 6.10 Å². The number of hydrogen-bond donors (Lipinski definition) is 2. The van der Waals surface area contributed by atoms with Crippen LogP contribution in [-0.2, 0) is 9.53 Å². The van der Waals surface area contributed by atoms with Gasteiger partial charge < -0.3 is 15.2 Å². The molecule has 0 aliphatic carbocycles. The predicted octanol–water partition coefficient (Wildman–Crippen LogP) is 1.06. The van der Waals surface area contributed by atoms with Crippen molar-refractivity contribution in [1.82, 2.24) is 5.32 Å². The summed E-state index contributed by atoms with van der Waals surface area (Å²) in [6.45, 7) is 0. The van der Waals surface area contributed by atoms with Gasteiger partial charge in [0.1, 0.15) is 11.9 Å². The van der Waals surface area contributed by atoms with Crippen molar-refractivity contribution < 1.29 is 23.8 Å². The summed E-state index contributed by atoms with van der Waals surface area (Å²) in [6, 6.07) is 4.50. The smallest absolute Gasteiger partial charge is 0.408 e. The summed E-state index contributed by atoms with van der Waals surface area (Å²) in [7, 11) is 0. The highest BCUT2D eigenvalue weighted by atomic mass is 19.1. The van der Waals surface area contributed by atoms with Crippen molar-refractivity contribution in [3.05, 3.63) is 35.6 Å². The lowest BCUT2D eigenvalue weighted by Crippen LogP contribution is -2.28. The Balaban J connectivity index is 2.32. The average molecular weight is 225 g/mol. The fourth-order valence-corrected chi connectivity index (χ4v) is 1.57. The van der Waals surface area contributed by atoms with Gasteiger partial charge in [-0.2, -0.15) is 0 Å². The van der Waals surface area contributed by atoms with Crippen LogP contribution in [0.5, 0.6) is 0 Å². The fraction of sp³-hybridized carbons (Fsp3) is 0.200. The molecular weight excluding hydrogens is 217 g/mol. The fourth-order valence-electron chi connectivity index (χ4n) is 1.57. The maximum atomic E-state index is 12.9. The van der Waals surface area contributed by atoms with E-state index in [0.717, 1.165) is 6.07 Å². The van der Waals surface area contributed by atoms with E-state index in [9.17, 15) is 14.0 Å². The molecule has 6 heteroatoms. The van der Waals surface area contributed by atoms with E-state index >= 15 is 0 Å². The Morgan fingerprint density at radius 2 is 2.25 bits per heavy atom. The zero-order valence-corrected chi connectivity index (χ0v) is 8.01. The van der Waals surface area contributed by atoms with Crippen molar-refractivity contribution in [3.8, 4) is 0 Å². The molecule has 5 nitrogen and oxygen atoms in total. The number of rotatable bonds is 2. The standard InChI is InChI=1S/C10H8FNO4/c11-6-3-1-2-5(4-6)7-8(9(13)14)16-10(15)12-7/h1-4,7-8H,(H,12,15)(H,13,14). The summed E-state index contributed by atoms with van der Waals surface area (Å²) in [6.07, 6.45) is -2.14. The number of benzene rings is 1. The van der Waals surface area contributed by atoms with E-state index in [0.29, 0.717) is 5.56 Å². The van der Waals surface area contributed by atoms with Crippen LogP contribution in [0.4, 0.5) is 9.18 Å². The van der Waals surface area contributed by atoms with Crippen LogP contribution in [0.2, 0.25) is 0 Å². The second-order valence-electron chi connectivity index (χ2n) is 3.34. The number of carbonyl (C=O) groups is 2. The molecule has 0 aromatic heterocycles. The second-order valence-corrected chi connectivity index (χ2v) is 3.34. The number of ether oxygens (including phenoxy) is 1. The number of alkyl carbamates (subject to hydrolysis) is 1. The van der Waals surface area contributed by atoms with Crippen molar-refractivity contribution >= 4 is 12.1 Å². The first kappa shape index (κ1) is 10.4. The van der Waals surface area contributed by atoms with Crippen LogP contribution in [0.3, 0.4) is 0 Å². The lowest BCUT2D eigenvalue weighted by Gasteiger charge is -2.13. The van der Waals surface area contributed by atoms with Gasteiger partial charge in [0.15, 0.2) is 0 Å². The van der Waals surface area contributed by atoms with Crippen LogP contribution >= 0.6 is 0 Å². The molecule has 16 heavy (non-hydrogen) atoms. The Morgan fingerprint density at radius 1 is 1.50 bits per heavy atom. The number of carbonyl (C=O) groups excluding carboxylic acids is 1. The van der Waals surface area contributed by atoms with Crippen molar-refractivity contribution in [2.24, 2.45) is 0 Å². The van der Waals surface area contributed by atoms with Crippen LogP contribution in [-0.4, -0.2) is 23.3 Å². The summed E-state index contributed by atoms with van der Waals surface area (Å²) in [4.78, 5) is 21.7. The van der Waals surface area contributed by atoms with Gasteiger partial charge in [0, 0.05) is 0 Å². The van der Waals surface area contributed by atoms with Gasteiger partial charge in [-0.1, -0.05) is 12.1 Å². The molecule has 2 rings (SSSR count). The summed E-state index contributed by atoms with van der Waals surface area (Å²) in [5, 5.41) is 11.1. The molecule has 84 valence electrons. The van der Waals surface area contributed by atoms with Gasteiger partial charge in [-0.25, -0.2) is 14.0 Å². The molecule has 0 bridgehead atoms. The molecule has 1 fully saturated rings. The number of aliphatic carboxylic acids is 1. The molecule has 1 amide bonds. The van der Waals surface area contributed by atoms with Gasteiger partial charge in [-0.3, -0.25) is 0 Å². The van der Waals surface area contributed by atoms with Crippen LogP contribution in [0.25, 0.3) is 0 Å². The number of halogens is 1. The number of carboxylic acids is 1. The molecule has 1 saturated heterocycles. The van der Waals surface area contributed by atoms with Crippen molar-refractivity contribution in [3.63, 3.8) is 0 Å². The Morgan fingerprint density at radius 3 is 2.88 bits per heavy atom. The minimum atomic E-state index is -1.32. The molecule has 1 heterocycles. The zero-order valence-electron chi connectivity index (χ0n) is 8.01. The number of cyclic esters (lactones) is 1. The molecule has 2 unspecified atom stereocenters. The van der Waals surface area contributed by atoms with E-state index in [1.165, 1.54) is 18.2 Å². The summed E-state index contributed by atoms with van der Waals surface area (Å²) in [5.41, 5.74) is 0.359. The third-order valence-electron chi connectivity index (χ3n) is 2.26. The van der Waals surface area contributed by atoms with Crippen LogP contribution in [0, 0.1) is 5.82 Å². The minimum Gasteiger partial charge on any atom is -0.478 e. The Hall–Kier alpha value is -2.11. The molecule has 0 radical (unpaired) electrons. The van der Waals surface area contributed by atoms with E-state index in [1.807, 2.05) is 0 Å². The highest BCUT2D eigenvalue weighted by Crippen LogP contribution is 2.25. The maximum absolute atomic E-state index is 12.9. The molecule has 2 N–H and O–H groups in total. The Labute approximate surface area is 89.8 Å². The van der Waals surface area contributed by atoms with Gasteiger partial charge in [-0.15, -0.1) is 0 Å². The average Bonchev–Trinajstić information content (AvgIpc) is 2.60. The monoisotopic (exact) mass is 225 g/mol. The first-order chi connectivity index (χ1) is 7.58. The van der Waals surface area contributed by atoms with E-state index in [4.69, 9.17) is 5.11 Å². The summed E-state index contributed by atoms with van der Waals surface area (Å²) < 4.78 is 17.5. The molecule has 1 aliphatic heterocycles. The summed E-state index contributed by atoms with van der Waals surface area (Å²) >= 11 is 0. The number of hydrogen-bond acceptors (Lipinski definition) is 3. The quantitative estimate of drug-likeness (QED) is 0.789. The topological polar surface area (TPSA) is 75.6 Å². The lowest BCUT2D eigenvalue weighted by molar-refractivity contribution is -0.146. The minimum absolute atomic E-state index is 0.359. The Kier molecular flexibility index (Phi) is 2.47. The van der Waals surface area contributed by atoms with Crippen molar-refractivity contribution in [2.75, 3.05) is 0 Å². The van der Waals surface area contributed by atoms with Gasteiger partial charge in [0.25, 0.3) is 0 Å². The highest BCUT2D eigenvalue weighted by molar-refractivity contribution is 5.82. The van der Waals surface area contributed by atoms with Crippen LogP contribution in [0.1, 0.15) is 11.6 Å². The highest BCUT2D eigenvalue weighted by Gasteiger charge is 2.40. The van der Waals surface area contributed by atoms with Crippen LogP contribution < -0.4 is 5.32 Å². The number of carboxylic acid groups (broad SMARTS) is 1. The Bertz CT molecular complexity index is 448. The van der Waals surface area contributed by atoms with E-state index in [2.05, 4.69) is 10.1 Å². The third kappa shape index (κ3) is 1.81. The second kappa shape index (κ2) is 3.80. The molecular formula is C10H8FNO4. The SMILES string of the molecule is O=C1NC(c2cccc(F)c2)C(C(=O)O)O1. The van der Waals surface area contributed by atoms with E-state index in [-0.39, 0.29) is 0 Å². The van der Waals surface area contributed by atoms with Gasteiger partial charge in [-0.05, 0) is 17.7 Å². The molecule has 1 aromatic rings. The van der Waals surface area contributed by atoms with Crippen molar-refractivity contribution in [1.29, 1.82) is 0 Å². The van der Waals surface area contributed by atoms with Gasteiger partial charge in [0.05, 0.1) is 0 Å². The molecule has 0 spiro atoms. The predicted molar refractivity (Wildman–Crippen MR) is 50.2 cm³/mol. The largest absolute Gasteiger partial charge is 0.478 e. The number of amides is 1. The normalized spacial score (nSPS) is 23.7. The van der Waals surface area contributed by atoms with Crippen LogP contribution in [0.15, 0.2) is 24.3 Å². The van der Waals surface area contributed by atoms with Crippen molar-refractivity contribution in [2.45, 2.75) is 12.1 Å². The molecule has 1 aromatic carbocycles. The lowest BCUT2D eigenvalue weighted by atomic mass is 10.0. The van der Waals surface area contributed by atoms with E-state index < -0.39 is 30.0 Å². The maximum Gasteiger partial charge on any atom is 0.408 e. The molecule has 2 atom stereocenters. The number of nitrogens with one attached hydrogen (secondary N) is 1.